The van der Waals surface area contributed by atoms with Crippen molar-refractivity contribution in [3.63, 3.8) is 0 Å². The van der Waals surface area contributed by atoms with Crippen LogP contribution >= 0.6 is 0 Å². The Balaban J connectivity index is 2.38. The van der Waals surface area contributed by atoms with Gasteiger partial charge in [0.15, 0.2) is 11.6 Å². The van der Waals surface area contributed by atoms with Gasteiger partial charge in [0, 0.05) is 44.6 Å². The minimum atomic E-state index is -1.15. The fourth-order valence-electron chi connectivity index (χ4n) is 5.39. The summed E-state index contributed by atoms with van der Waals surface area (Å²) in [6, 6.07) is -1.04. The number of unbranched alkanes of at least 4 members (excludes halogenated alkanes) is 1. The number of carbonyl (C=O) groups is 7. The third kappa shape index (κ3) is 18.7. The number of ether oxygens (including phenoxy) is 2. The zero-order valence-electron chi connectivity index (χ0n) is 27.5. The van der Waals surface area contributed by atoms with E-state index in [4.69, 9.17) is 14.6 Å². The summed E-state index contributed by atoms with van der Waals surface area (Å²) in [4.78, 5) is 84.4. The second-order valence-electron chi connectivity index (χ2n) is 12.1. The minimum absolute atomic E-state index is 0.0203. The van der Waals surface area contributed by atoms with Crippen LogP contribution in [0.1, 0.15) is 110 Å². The van der Waals surface area contributed by atoms with Crippen molar-refractivity contribution in [2.45, 2.75) is 116 Å². The number of rotatable bonds is 27. The van der Waals surface area contributed by atoms with E-state index in [0.717, 1.165) is 44.9 Å². The largest absolute Gasteiger partial charge is 0.481 e. The van der Waals surface area contributed by atoms with Crippen molar-refractivity contribution in [3.05, 3.63) is 0 Å². The molecule has 1 rings (SSSR count). The first-order chi connectivity index (χ1) is 22.0. The number of nitrogens with one attached hydrogen (secondary N) is 2. The molecule has 1 aliphatic rings. The van der Waals surface area contributed by atoms with Gasteiger partial charge in [-0.2, -0.15) is 0 Å². The highest BCUT2D eigenvalue weighted by Gasteiger charge is 2.30. The van der Waals surface area contributed by atoms with Crippen LogP contribution in [0.25, 0.3) is 0 Å². The Morgan fingerprint density at radius 2 is 1.48 bits per heavy atom. The number of carboxylic acid groups (broad SMARTS) is 2. The summed E-state index contributed by atoms with van der Waals surface area (Å²) in [5.74, 6) is -4.27. The first-order valence-corrected chi connectivity index (χ1v) is 16.7. The van der Waals surface area contributed by atoms with Gasteiger partial charge < -0.3 is 30.3 Å². The van der Waals surface area contributed by atoms with Crippen LogP contribution < -0.4 is 10.6 Å². The second-order valence-corrected chi connectivity index (χ2v) is 12.1. The van der Waals surface area contributed by atoms with Crippen molar-refractivity contribution in [3.8, 4) is 0 Å². The Bertz CT molecular complexity index is 992. The molecule has 13 nitrogen and oxygen atoms in total. The average Bonchev–Trinajstić information content (AvgIpc) is 3.03. The average molecular weight is 655 g/mol. The lowest BCUT2D eigenvalue weighted by Gasteiger charge is -2.27. The Morgan fingerprint density at radius 3 is 2.11 bits per heavy atom. The molecule has 2 amide bonds. The first kappa shape index (κ1) is 40.8. The molecular formula is C33H54N2O11. The van der Waals surface area contributed by atoms with Crippen molar-refractivity contribution in [1.29, 1.82) is 0 Å². The molecule has 0 aromatic heterocycles. The van der Waals surface area contributed by atoms with Crippen molar-refractivity contribution < 1.29 is 53.2 Å². The van der Waals surface area contributed by atoms with Crippen LogP contribution in [0.5, 0.6) is 0 Å². The van der Waals surface area contributed by atoms with Gasteiger partial charge in [0.05, 0.1) is 31.7 Å². The van der Waals surface area contributed by atoms with Crippen LogP contribution in [0, 0.1) is 17.8 Å². The molecule has 2 unspecified atom stereocenters. The van der Waals surface area contributed by atoms with E-state index in [1.54, 1.807) is 0 Å². The molecule has 0 radical (unpaired) electrons. The minimum Gasteiger partial charge on any atom is -0.481 e. The predicted molar refractivity (Wildman–Crippen MR) is 168 cm³/mol. The van der Waals surface area contributed by atoms with Gasteiger partial charge >= 0.3 is 11.9 Å². The normalized spacial score (nSPS) is 17.4. The van der Waals surface area contributed by atoms with Gasteiger partial charge in [-0.25, -0.2) is 0 Å². The van der Waals surface area contributed by atoms with Gasteiger partial charge in [-0.3, -0.25) is 33.6 Å². The van der Waals surface area contributed by atoms with Gasteiger partial charge in [0.2, 0.25) is 11.8 Å². The molecule has 0 aliphatic heterocycles. The lowest BCUT2D eigenvalue weighted by atomic mass is 9.77. The zero-order chi connectivity index (χ0) is 34.3. The number of aliphatic carboxylic acids is 2. The number of amides is 2. The Kier molecular flexibility index (Phi) is 21.3. The third-order valence-corrected chi connectivity index (χ3v) is 8.38. The van der Waals surface area contributed by atoms with Crippen molar-refractivity contribution in [2.24, 2.45) is 17.8 Å². The molecule has 4 N–H and O–H groups in total. The molecule has 0 spiro atoms. The fraction of sp³-hybridized carbons (Fsp3) is 0.788. The highest BCUT2D eigenvalue weighted by molar-refractivity contribution is 5.90. The lowest BCUT2D eigenvalue weighted by molar-refractivity contribution is -0.145. The molecule has 13 heteroatoms. The Hall–Kier alpha value is -3.19. The van der Waals surface area contributed by atoms with E-state index in [2.05, 4.69) is 17.6 Å². The quantitative estimate of drug-likeness (QED) is 0.0947. The zero-order valence-corrected chi connectivity index (χ0v) is 27.5. The topological polar surface area (TPSA) is 202 Å². The first-order valence-electron chi connectivity index (χ1n) is 16.7. The van der Waals surface area contributed by atoms with Crippen molar-refractivity contribution in [2.75, 3.05) is 33.0 Å². The van der Waals surface area contributed by atoms with Crippen LogP contribution in [0.15, 0.2) is 0 Å². The Morgan fingerprint density at radius 1 is 0.783 bits per heavy atom. The molecule has 0 aromatic rings. The summed E-state index contributed by atoms with van der Waals surface area (Å²) in [5.41, 5.74) is 0. The van der Waals surface area contributed by atoms with Crippen molar-refractivity contribution in [1.82, 2.24) is 10.6 Å². The number of hydrogen-bond acceptors (Lipinski definition) is 9. The van der Waals surface area contributed by atoms with E-state index in [0.29, 0.717) is 18.8 Å². The molecule has 0 saturated heterocycles. The van der Waals surface area contributed by atoms with Gasteiger partial charge in [-0.1, -0.05) is 26.7 Å². The monoisotopic (exact) mass is 654 g/mol. The molecule has 46 heavy (non-hydrogen) atoms. The summed E-state index contributed by atoms with van der Waals surface area (Å²) in [5, 5.41) is 23.8. The van der Waals surface area contributed by atoms with Crippen LogP contribution in [0.2, 0.25) is 0 Å². The van der Waals surface area contributed by atoms with Crippen LogP contribution in [-0.4, -0.2) is 90.3 Å². The maximum absolute atomic E-state index is 12.8. The fourth-order valence-corrected chi connectivity index (χ4v) is 5.39. The highest BCUT2D eigenvalue weighted by Crippen LogP contribution is 2.32. The molecule has 0 bridgehead atoms. The second kappa shape index (κ2) is 24.0. The van der Waals surface area contributed by atoms with Crippen LogP contribution in [0.4, 0.5) is 0 Å². The van der Waals surface area contributed by atoms with E-state index in [1.807, 2.05) is 6.92 Å². The Labute approximate surface area is 271 Å². The van der Waals surface area contributed by atoms with Gasteiger partial charge in [0.1, 0.15) is 12.4 Å². The molecule has 0 aromatic carbocycles. The van der Waals surface area contributed by atoms with E-state index in [9.17, 15) is 38.7 Å². The summed E-state index contributed by atoms with van der Waals surface area (Å²) in [6.45, 7) is 4.37. The highest BCUT2D eigenvalue weighted by atomic mass is 16.5. The van der Waals surface area contributed by atoms with Gasteiger partial charge in [-0.05, 0) is 57.3 Å². The van der Waals surface area contributed by atoms with E-state index in [-0.39, 0.29) is 94.8 Å². The number of Topliss-reactive ketones (excluding diaryl/α,β-unsaturated/α-hetero) is 3. The summed E-state index contributed by atoms with van der Waals surface area (Å²) < 4.78 is 10.6. The smallest absolute Gasteiger partial charge is 0.306 e. The van der Waals surface area contributed by atoms with Crippen molar-refractivity contribution >= 4 is 41.1 Å². The van der Waals surface area contributed by atoms with Crippen LogP contribution in [0.3, 0.4) is 0 Å². The maximum atomic E-state index is 12.8. The SMILES string of the molecule is CCCCC(=O)CNC(=O)COCCOCCCC(=O)C(CCC(=O)O)NC(=O)CCC(CC(=O)C1CCC(CC)CC1)C(=O)O. The summed E-state index contributed by atoms with van der Waals surface area (Å²) >= 11 is 0. The van der Waals surface area contributed by atoms with E-state index in [1.165, 1.54) is 0 Å². The molecule has 1 fully saturated rings. The predicted octanol–water partition coefficient (Wildman–Crippen LogP) is 3.25. The van der Waals surface area contributed by atoms with Crippen LogP contribution in [-0.2, 0) is 43.0 Å². The third-order valence-electron chi connectivity index (χ3n) is 8.38. The standard InChI is InChI=1S/C33H54N2O11/c1-3-5-7-26(36)21-34-31(40)22-46-19-18-45-17-6-8-28(37)27(14-16-32(41)42)35-30(39)15-13-25(33(43)44)20-29(38)24-11-9-23(4-2)10-12-24/h23-25,27H,3-22H2,1-2H3,(H,34,40)(H,35,39)(H,41,42)(H,43,44). The maximum Gasteiger partial charge on any atom is 0.306 e. The summed E-state index contributed by atoms with van der Waals surface area (Å²) in [6.07, 6.45) is 6.11. The number of ketones is 3. The van der Waals surface area contributed by atoms with E-state index < -0.39 is 35.7 Å². The lowest BCUT2D eigenvalue weighted by Crippen LogP contribution is -2.41. The molecule has 262 valence electrons. The molecule has 1 saturated carbocycles. The number of carbonyl (C=O) groups excluding carboxylic acids is 5. The number of hydrogen-bond donors (Lipinski definition) is 4. The summed E-state index contributed by atoms with van der Waals surface area (Å²) in [7, 11) is 0. The molecule has 2 atom stereocenters. The van der Waals surface area contributed by atoms with E-state index >= 15 is 0 Å². The number of carboxylic acids is 2. The molecule has 0 heterocycles. The van der Waals surface area contributed by atoms with Gasteiger partial charge in [0.25, 0.3) is 0 Å². The molecular weight excluding hydrogens is 600 g/mol. The van der Waals surface area contributed by atoms with Gasteiger partial charge in [-0.15, -0.1) is 0 Å². The molecule has 1 aliphatic carbocycles.